The summed E-state index contributed by atoms with van der Waals surface area (Å²) in [7, 11) is 1.77. The van der Waals surface area contributed by atoms with Crippen LogP contribution in [0.15, 0.2) is 24.7 Å². The number of hydrogen-bond acceptors (Lipinski definition) is 6. The van der Waals surface area contributed by atoms with E-state index in [0.29, 0.717) is 29.1 Å². The van der Waals surface area contributed by atoms with Crippen LogP contribution in [-0.2, 0) is 6.54 Å². The van der Waals surface area contributed by atoms with Crippen molar-refractivity contribution in [3.8, 4) is 5.88 Å². The van der Waals surface area contributed by atoms with Gasteiger partial charge >= 0.3 is 0 Å². The second-order valence-electron chi connectivity index (χ2n) is 5.71. The molecule has 0 aliphatic heterocycles. The van der Waals surface area contributed by atoms with Crippen LogP contribution in [0.25, 0.3) is 0 Å². The Kier molecular flexibility index (Phi) is 5.03. The van der Waals surface area contributed by atoms with Crippen molar-refractivity contribution < 1.29 is 4.74 Å². The predicted octanol–water partition coefficient (Wildman–Crippen LogP) is 3.36. The van der Waals surface area contributed by atoms with Gasteiger partial charge in [0.15, 0.2) is 11.0 Å². The SMILES string of the molecule is CNc1c(Cl)ncnc1NCc1ccc(OC(C)(C)C)nc1. The molecule has 2 heterocycles. The predicted molar refractivity (Wildman–Crippen MR) is 88.5 cm³/mol. The topological polar surface area (TPSA) is 72.0 Å². The van der Waals surface area contributed by atoms with Crippen LogP contribution >= 0.6 is 11.6 Å². The lowest BCUT2D eigenvalue weighted by Crippen LogP contribution is -2.23. The lowest BCUT2D eigenvalue weighted by atomic mass is 10.2. The Morgan fingerprint density at radius 1 is 1.18 bits per heavy atom. The Hall–Kier alpha value is -2.08. The average molecular weight is 322 g/mol. The van der Waals surface area contributed by atoms with Gasteiger partial charge in [0.1, 0.15) is 17.6 Å². The summed E-state index contributed by atoms with van der Waals surface area (Å²) in [5, 5.41) is 6.57. The van der Waals surface area contributed by atoms with Gasteiger partial charge in [0.05, 0.1) is 0 Å². The molecule has 0 aliphatic rings. The van der Waals surface area contributed by atoms with E-state index < -0.39 is 0 Å². The number of halogens is 1. The van der Waals surface area contributed by atoms with Crippen LogP contribution in [0, 0.1) is 0 Å². The highest BCUT2D eigenvalue weighted by Gasteiger charge is 2.12. The van der Waals surface area contributed by atoms with Crippen LogP contribution < -0.4 is 15.4 Å². The van der Waals surface area contributed by atoms with Gasteiger partial charge in [0.2, 0.25) is 5.88 Å². The molecule has 0 saturated carbocycles. The molecule has 2 aromatic heterocycles. The largest absolute Gasteiger partial charge is 0.472 e. The number of hydrogen-bond donors (Lipinski definition) is 2. The number of nitrogens with zero attached hydrogens (tertiary/aromatic N) is 3. The molecule has 0 radical (unpaired) electrons. The highest BCUT2D eigenvalue weighted by molar-refractivity contribution is 6.32. The maximum atomic E-state index is 6.01. The standard InChI is InChI=1S/C15H20ClN5O/c1-15(2,3)22-11-6-5-10(7-18-11)8-19-14-12(17-4)13(16)20-9-21-14/h5-7,9,17H,8H2,1-4H3,(H,19,20,21). The van der Waals surface area contributed by atoms with E-state index in [9.17, 15) is 0 Å². The summed E-state index contributed by atoms with van der Waals surface area (Å²) in [6.45, 7) is 6.54. The molecular weight excluding hydrogens is 302 g/mol. The smallest absolute Gasteiger partial charge is 0.213 e. The molecule has 0 atom stereocenters. The van der Waals surface area contributed by atoms with E-state index in [2.05, 4.69) is 25.6 Å². The molecule has 7 heteroatoms. The molecule has 0 amide bonds. The molecule has 118 valence electrons. The molecule has 2 aromatic rings. The molecule has 22 heavy (non-hydrogen) atoms. The van der Waals surface area contributed by atoms with Crippen molar-refractivity contribution >= 4 is 23.1 Å². The number of pyridine rings is 1. The molecule has 0 fully saturated rings. The highest BCUT2D eigenvalue weighted by atomic mass is 35.5. The lowest BCUT2D eigenvalue weighted by molar-refractivity contribution is 0.124. The van der Waals surface area contributed by atoms with E-state index in [-0.39, 0.29) is 5.60 Å². The number of nitrogens with one attached hydrogen (secondary N) is 2. The molecule has 2 rings (SSSR count). The molecule has 0 spiro atoms. The van der Waals surface area contributed by atoms with Crippen LogP contribution in [0.2, 0.25) is 5.15 Å². The summed E-state index contributed by atoms with van der Waals surface area (Å²) in [5.41, 5.74) is 1.43. The van der Waals surface area contributed by atoms with Crippen LogP contribution in [-0.4, -0.2) is 27.6 Å². The van der Waals surface area contributed by atoms with Gasteiger partial charge in [-0.05, 0) is 26.3 Å². The van der Waals surface area contributed by atoms with Crippen LogP contribution in [0.4, 0.5) is 11.5 Å². The first kappa shape index (κ1) is 16.3. The monoisotopic (exact) mass is 321 g/mol. The van der Waals surface area contributed by atoms with E-state index in [1.807, 2.05) is 32.9 Å². The Bertz CT molecular complexity index is 625. The molecule has 0 bridgehead atoms. The average Bonchev–Trinajstić information content (AvgIpc) is 2.45. The Labute approximate surface area is 135 Å². The Balaban J connectivity index is 2.02. The quantitative estimate of drug-likeness (QED) is 0.823. The maximum absolute atomic E-state index is 6.01. The van der Waals surface area contributed by atoms with Crippen molar-refractivity contribution in [2.75, 3.05) is 17.7 Å². The second-order valence-corrected chi connectivity index (χ2v) is 6.07. The van der Waals surface area contributed by atoms with E-state index in [1.54, 1.807) is 13.2 Å². The van der Waals surface area contributed by atoms with Crippen molar-refractivity contribution in [2.45, 2.75) is 32.9 Å². The number of rotatable bonds is 5. The third kappa shape index (κ3) is 4.46. The normalized spacial score (nSPS) is 11.1. The van der Waals surface area contributed by atoms with E-state index in [0.717, 1.165) is 5.56 Å². The summed E-state index contributed by atoms with van der Waals surface area (Å²) in [5.74, 6) is 1.26. The highest BCUT2D eigenvalue weighted by Crippen LogP contribution is 2.25. The molecule has 6 nitrogen and oxygen atoms in total. The Morgan fingerprint density at radius 3 is 2.55 bits per heavy atom. The third-order valence-corrected chi connectivity index (χ3v) is 3.01. The van der Waals surface area contributed by atoms with E-state index in [1.165, 1.54) is 6.33 Å². The number of anilines is 2. The molecule has 0 aromatic carbocycles. The minimum absolute atomic E-state index is 0.258. The van der Waals surface area contributed by atoms with E-state index in [4.69, 9.17) is 16.3 Å². The summed E-state index contributed by atoms with van der Waals surface area (Å²) < 4.78 is 5.69. The van der Waals surface area contributed by atoms with Gasteiger partial charge in [-0.2, -0.15) is 0 Å². The minimum Gasteiger partial charge on any atom is -0.472 e. The fourth-order valence-corrected chi connectivity index (χ4v) is 2.02. The number of ether oxygens (including phenoxy) is 1. The fourth-order valence-electron chi connectivity index (χ4n) is 1.80. The number of aromatic nitrogens is 3. The van der Waals surface area contributed by atoms with Crippen molar-refractivity contribution in [1.82, 2.24) is 15.0 Å². The summed E-state index contributed by atoms with van der Waals surface area (Å²) in [6.07, 6.45) is 3.19. The first-order valence-corrected chi connectivity index (χ1v) is 7.33. The summed E-state index contributed by atoms with van der Waals surface area (Å²) >= 11 is 6.01. The van der Waals surface area contributed by atoms with Gasteiger partial charge in [-0.15, -0.1) is 0 Å². The van der Waals surface area contributed by atoms with Crippen molar-refractivity contribution in [3.05, 3.63) is 35.4 Å². The van der Waals surface area contributed by atoms with Gasteiger partial charge in [0, 0.05) is 25.9 Å². The Morgan fingerprint density at radius 2 is 1.95 bits per heavy atom. The second kappa shape index (κ2) is 6.79. The molecule has 0 aliphatic carbocycles. The van der Waals surface area contributed by atoms with Crippen LogP contribution in [0.5, 0.6) is 5.88 Å². The van der Waals surface area contributed by atoms with Crippen molar-refractivity contribution in [2.24, 2.45) is 0 Å². The minimum atomic E-state index is -0.258. The van der Waals surface area contributed by atoms with Crippen LogP contribution in [0.3, 0.4) is 0 Å². The van der Waals surface area contributed by atoms with Crippen LogP contribution in [0.1, 0.15) is 26.3 Å². The van der Waals surface area contributed by atoms with Gasteiger partial charge < -0.3 is 15.4 Å². The van der Waals surface area contributed by atoms with Gasteiger partial charge in [-0.1, -0.05) is 17.7 Å². The fraction of sp³-hybridized carbons (Fsp3) is 0.400. The molecular formula is C15H20ClN5O. The van der Waals surface area contributed by atoms with Crippen molar-refractivity contribution in [1.29, 1.82) is 0 Å². The zero-order valence-electron chi connectivity index (χ0n) is 13.1. The summed E-state index contributed by atoms with van der Waals surface area (Å²) in [6, 6.07) is 3.82. The zero-order valence-corrected chi connectivity index (χ0v) is 13.9. The van der Waals surface area contributed by atoms with Gasteiger partial charge in [-0.3, -0.25) is 0 Å². The lowest BCUT2D eigenvalue weighted by Gasteiger charge is -2.20. The zero-order chi connectivity index (χ0) is 16.2. The first-order valence-electron chi connectivity index (χ1n) is 6.95. The van der Waals surface area contributed by atoms with E-state index >= 15 is 0 Å². The summed E-state index contributed by atoms with van der Waals surface area (Å²) in [4.78, 5) is 12.4. The molecule has 0 unspecified atom stereocenters. The third-order valence-electron chi connectivity index (χ3n) is 2.72. The molecule has 2 N–H and O–H groups in total. The van der Waals surface area contributed by atoms with Gasteiger partial charge in [-0.25, -0.2) is 15.0 Å². The maximum Gasteiger partial charge on any atom is 0.213 e. The van der Waals surface area contributed by atoms with Crippen molar-refractivity contribution in [3.63, 3.8) is 0 Å². The first-order chi connectivity index (χ1) is 10.4. The molecule has 0 saturated heterocycles. The van der Waals surface area contributed by atoms with Gasteiger partial charge in [0.25, 0.3) is 0 Å².